The molecule has 3 N–H and O–H groups in total. The van der Waals surface area contributed by atoms with Crippen molar-refractivity contribution >= 4 is 0 Å². The Kier molecular flexibility index (Phi) is 3.85. The first-order valence-electron chi connectivity index (χ1n) is 7.12. The van der Waals surface area contributed by atoms with Gasteiger partial charge in [-0.25, -0.2) is 5.10 Å². The minimum Gasteiger partial charge on any atom is -0.320 e. The van der Waals surface area contributed by atoms with E-state index >= 15 is 0 Å². The van der Waals surface area contributed by atoms with Gasteiger partial charge in [0.15, 0.2) is 0 Å². The van der Waals surface area contributed by atoms with Gasteiger partial charge in [0, 0.05) is 11.1 Å². The Hall–Kier alpha value is -2.72. The molecule has 1 aromatic heterocycles. The molecule has 0 spiro atoms. The Morgan fingerprint density at radius 1 is 1.05 bits per heavy atom. The summed E-state index contributed by atoms with van der Waals surface area (Å²) >= 11 is 0. The second-order valence-corrected chi connectivity index (χ2v) is 5.29. The SMILES string of the molecule is Cc1ccc(-c2cc(C(N)c3ccccc3)c(=O)[nH]n2)cc1. The van der Waals surface area contributed by atoms with E-state index in [2.05, 4.69) is 10.2 Å². The van der Waals surface area contributed by atoms with Crippen LogP contribution in [0.15, 0.2) is 65.5 Å². The van der Waals surface area contributed by atoms with Gasteiger partial charge in [0.1, 0.15) is 0 Å². The molecule has 110 valence electrons. The first kappa shape index (κ1) is 14.2. The third-order valence-corrected chi connectivity index (χ3v) is 3.67. The van der Waals surface area contributed by atoms with Crippen molar-refractivity contribution in [1.29, 1.82) is 0 Å². The number of rotatable bonds is 3. The third kappa shape index (κ3) is 2.82. The number of aromatic nitrogens is 2. The number of nitrogens with two attached hydrogens (primary N) is 1. The summed E-state index contributed by atoms with van der Waals surface area (Å²) < 4.78 is 0. The number of hydrogen-bond acceptors (Lipinski definition) is 3. The zero-order valence-electron chi connectivity index (χ0n) is 12.3. The standard InChI is InChI=1S/C18H17N3O/c1-12-7-9-13(10-8-12)16-11-15(18(22)21-20-16)17(19)14-5-3-2-4-6-14/h2-11,17H,19H2,1H3,(H,21,22). The fourth-order valence-corrected chi connectivity index (χ4v) is 2.36. The van der Waals surface area contributed by atoms with E-state index in [1.807, 2.05) is 61.5 Å². The molecule has 3 aromatic rings. The summed E-state index contributed by atoms with van der Waals surface area (Å²) in [4.78, 5) is 12.1. The molecule has 2 aromatic carbocycles. The number of nitrogens with zero attached hydrogens (tertiary/aromatic N) is 1. The molecular weight excluding hydrogens is 274 g/mol. The van der Waals surface area contributed by atoms with Gasteiger partial charge < -0.3 is 5.73 Å². The largest absolute Gasteiger partial charge is 0.320 e. The summed E-state index contributed by atoms with van der Waals surface area (Å²) in [6.45, 7) is 2.03. The minimum absolute atomic E-state index is 0.257. The van der Waals surface area contributed by atoms with E-state index in [-0.39, 0.29) is 5.56 Å². The van der Waals surface area contributed by atoms with E-state index in [0.29, 0.717) is 11.3 Å². The Bertz CT molecular complexity index is 823. The van der Waals surface area contributed by atoms with Gasteiger partial charge >= 0.3 is 0 Å². The predicted molar refractivity (Wildman–Crippen MR) is 87.5 cm³/mol. The molecule has 0 amide bonds. The molecule has 0 aliphatic carbocycles. The number of H-pyrrole nitrogens is 1. The van der Waals surface area contributed by atoms with Crippen LogP contribution in [0.4, 0.5) is 0 Å². The number of aromatic amines is 1. The molecule has 0 aliphatic rings. The van der Waals surface area contributed by atoms with Gasteiger partial charge in [-0.3, -0.25) is 4.79 Å². The second kappa shape index (κ2) is 5.95. The van der Waals surface area contributed by atoms with Crippen LogP contribution >= 0.6 is 0 Å². The smallest absolute Gasteiger partial charge is 0.269 e. The monoisotopic (exact) mass is 291 g/mol. The Labute approximate surface area is 128 Å². The normalized spacial score (nSPS) is 12.1. The average Bonchev–Trinajstić information content (AvgIpc) is 2.56. The fraction of sp³-hybridized carbons (Fsp3) is 0.111. The van der Waals surface area contributed by atoms with Gasteiger partial charge in [0.05, 0.1) is 11.7 Å². The molecule has 1 atom stereocenters. The Balaban J connectivity index is 2.04. The highest BCUT2D eigenvalue weighted by Gasteiger charge is 2.14. The highest BCUT2D eigenvalue weighted by Crippen LogP contribution is 2.21. The van der Waals surface area contributed by atoms with Crippen LogP contribution in [-0.2, 0) is 0 Å². The van der Waals surface area contributed by atoms with Gasteiger partial charge in [-0.2, -0.15) is 5.10 Å². The van der Waals surface area contributed by atoms with Crippen molar-refractivity contribution in [3.8, 4) is 11.3 Å². The molecule has 0 saturated carbocycles. The molecule has 4 heteroatoms. The van der Waals surface area contributed by atoms with Crippen LogP contribution in [0.1, 0.15) is 22.7 Å². The van der Waals surface area contributed by atoms with E-state index in [9.17, 15) is 4.79 Å². The molecule has 1 heterocycles. The van der Waals surface area contributed by atoms with Crippen molar-refractivity contribution in [2.75, 3.05) is 0 Å². The summed E-state index contributed by atoms with van der Waals surface area (Å²) in [6.07, 6.45) is 0. The molecule has 22 heavy (non-hydrogen) atoms. The highest BCUT2D eigenvalue weighted by molar-refractivity contribution is 5.59. The molecule has 4 nitrogen and oxygen atoms in total. The molecule has 0 bridgehead atoms. The maximum absolute atomic E-state index is 12.1. The van der Waals surface area contributed by atoms with E-state index in [0.717, 1.165) is 11.1 Å². The molecule has 0 saturated heterocycles. The van der Waals surface area contributed by atoms with Gasteiger partial charge in [-0.1, -0.05) is 60.2 Å². The maximum atomic E-state index is 12.1. The lowest BCUT2D eigenvalue weighted by Crippen LogP contribution is -2.23. The molecular formula is C18H17N3O. The lowest BCUT2D eigenvalue weighted by Gasteiger charge is -2.12. The van der Waals surface area contributed by atoms with E-state index < -0.39 is 6.04 Å². The van der Waals surface area contributed by atoms with Crippen molar-refractivity contribution < 1.29 is 0 Å². The van der Waals surface area contributed by atoms with Crippen LogP contribution < -0.4 is 11.3 Å². The van der Waals surface area contributed by atoms with E-state index in [1.54, 1.807) is 6.07 Å². The lowest BCUT2D eigenvalue weighted by atomic mass is 9.99. The van der Waals surface area contributed by atoms with Gasteiger partial charge in [-0.15, -0.1) is 0 Å². The molecule has 0 aliphatic heterocycles. The second-order valence-electron chi connectivity index (χ2n) is 5.29. The first-order chi connectivity index (χ1) is 10.6. The summed E-state index contributed by atoms with van der Waals surface area (Å²) in [5, 5.41) is 6.67. The molecule has 0 fully saturated rings. The van der Waals surface area contributed by atoms with Crippen LogP contribution in [0.25, 0.3) is 11.3 Å². The first-order valence-corrected chi connectivity index (χ1v) is 7.12. The Morgan fingerprint density at radius 2 is 1.73 bits per heavy atom. The third-order valence-electron chi connectivity index (χ3n) is 3.67. The Morgan fingerprint density at radius 3 is 2.41 bits per heavy atom. The van der Waals surface area contributed by atoms with Crippen molar-refractivity contribution in [3.05, 3.63) is 87.7 Å². The summed E-state index contributed by atoms with van der Waals surface area (Å²) in [5.41, 5.74) is 10.2. The quantitative estimate of drug-likeness (QED) is 0.779. The topological polar surface area (TPSA) is 71.8 Å². The highest BCUT2D eigenvalue weighted by atomic mass is 16.1. The van der Waals surface area contributed by atoms with Crippen LogP contribution in [0, 0.1) is 6.92 Å². The van der Waals surface area contributed by atoms with Crippen molar-refractivity contribution in [2.24, 2.45) is 5.73 Å². The van der Waals surface area contributed by atoms with E-state index in [1.165, 1.54) is 5.56 Å². The lowest BCUT2D eigenvalue weighted by molar-refractivity contribution is 0.827. The number of hydrogen-bond donors (Lipinski definition) is 2. The fourth-order valence-electron chi connectivity index (χ4n) is 2.36. The number of aryl methyl sites for hydroxylation is 1. The van der Waals surface area contributed by atoms with E-state index in [4.69, 9.17) is 5.73 Å². The average molecular weight is 291 g/mol. The zero-order chi connectivity index (χ0) is 15.5. The van der Waals surface area contributed by atoms with Crippen molar-refractivity contribution in [3.63, 3.8) is 0 Å². The van der Waals surface area contributed by atoms with Crippen LogP contribution in [0.5, 0.6) is 0 Å². The van der Waals surface area contributed by atoms with Crippen LogP contribution in [-0.4, -0.2) is 10.2 Å². The molecule has 0 radical (unpaired) electrons. The van der Waals surface area contributed by atoms with Gasteiger partial charge in [0.25, 0.3) is 5.56 Å². The number of nitrogens with one attached hydrogen (secondary N) is 1. The maximum Gasteiger partial charge on any atom is 0.269 e. The summed E-state index contributed by atoms with van der Waals surface area (Å²) in [7, 11) is 0. The number of benzene rings is 2. The zero-order valence-corrected chi connectivity index (χ0v) is 12.3. The summed E-state index contributed by atoms with van der Waals surface area (Å²) in [5.74, 6) is 0. The summed E-state index contributed by atoms with van der Waals surface area (Å²) in [6, 6.07) is 18.8. The van der Waals surface area contributed by atoms with Crippen LogP contribution in [0.2, 0.25) is 0 Å². The van der Waals surface area contributed by atoms with Crippen molar-refractivity contribution in [1.82, 2.24) is 10.2 Å². The minimum atomic E-state index is -0.475. The molecule has 3 rings (SSSR count). The predicted octanol–water partition coefficient (Wildman–Crippen LogP) is 2.79. The molecule has 1 unspecified atom stereocenters. The van der Waals surface area contributed by atoms with Gasteiger partial charge in [-0.05, 0) is 18.6 Å². The van der Waals surface area contributed by atoms with Crippen molar-refractivity contribution in [2.45, 2.75) is 13.0 Å². The van der Waals surface area contributed by atoms with Crippen LogP contribution in [0.3, 0.4) is 0 Å². The van der Waals surface area contributed by atoms with Gasteiger partial charge in [0.2, 0.25) is 0 Å².